The molecule has 0 spiro atoms. The second-order valence-corrected chi connectivity index (χ2v) is 8.65. The van der Waals surface area contributed by atoms with Crippen molar-refractivity contribution in [3.63, 3.8) is 0 Å². The highest BCUT2D eigenvalue weighted by Crippen LogP contribution is 2.34. The summed E-state index contributed by atoms with van der Waals surface area (Å²) < 4.78 is 14.1. The Hall–Kier alpha value is -3.82. The molecule has 180 valence electrons. The van der Waals surface area contributed by atoms with E-state index < -0.39 is 11.6 Å². The van der Waals surface area contributed by atoms with Gasteiger partial charge in [-0.25, -0.2) is 14.4 Å². The van der Waals surface area contributed by atoms with Crippen LogP contribution in [0.25, 0.3) is 22.3 Å². The molecule has 0 saturated carbocycles. The number of anilines is 3. The normalized spacial score (nSPS) is 11.1. The molecule has 0 saturated heterocycles. The minimum Gasteiger partial charge on any atom is -0.504 e. The number of benzene rings is 1. The van der Waals surface area contributed by atoms with E-state index in [2.05, 4.69) is 30.5 Å². The predicted octanol–water partition coefficient (Wildman–Crippen LogP) is 5.11. The van der Waals surface area contributed by atoms with Crippen LogP contribution in [0, 0.1) is 5.82 Å². The molecule has 4 rings (SSSR count). The Labute approximate surface area is 206 Å². The van der Waals surface area contributed by atoms with Crippen LogP contribution in [0.5, 0.6) is 5.75 Å². The van der Waals surface area contributed by atoms with E-state index in [0.717, 1.165) is 25.0 Å². The first-order valence-corrected chi connectivity index (χ1v) is 11.2. The number of pyridine rings is 3. The number of likely N-dealkylation sites (N-methyl/N-ethyl adjacent to an activating group) is 1. The number of nitrogens with zero attached hydrogens (tertiary/aromatic N) is 4. The van der Waals surface area contributed by atoms with Gasteiger partial charge in [0, 0.05) is 24.8 Å². The van der Waals surface area contributed by atoms with Crippen molar-refractivity contribution >= 4 is 45.6 Å². The van der Waals surface area contributed by atoms with Crippen LogP contribution in [0.4, 0.5) is 21.6 Å². The zero-order chi connectivity index (χ0) is 25.1. The van der Waals surface area contributed by atoms with Gasteiger partial charge in [0.2, 0.25) is 0 Å². The summed E-state index contributed by atoms with van der Waals surface area (Å²) in [6.45, 7) is 3.07. The molecule has 0 fully saturated rings. The van der Waals surface area contributed by atoms with Gasteiger partial charge in [0.25, 0.3) is 0 Å². The van der Waals surface area contributed by atoms with Gasteiger partial charge in [0.05, 0.1) is 39.4 Å². The van der Waals surface area contributed by atoms with Crippen LogP contribution in [0.1, 0.15) is 17.3 Å². The highest BCUT2D eigenvalue weighted by atomic mass is 35.5. The summed E-state index contributed by atoms with van der Waals surface area (Å²) >= 11 is 5.95. The van der Waals surface area contributed by atoms with Gasteiger partial charge < -0.3 is 20.6 Å². The summed E-state index contributed by atoms with van der Waals surface area (Å²) in [5.41, 5.74) is 3.22. The largest absolute Gasteiger partial charge is 0.504 e. The van der Waals surface area contributed by atoms with Gasteiger partial charge in [-0.15, -0.1) is 0 Å². The number of aromatic nitrogens is 3. The van der Waals surface area contributed by atoms with Crippen molar-refractivity contribution in [2.75, 3.05) is 37.8 Å². The molecule has 3 heterocycles. The van der Waals surface area contributed by atoms with Gasteiger partial charge in [-0.2, -0.15) is 0 Å². The Bertz CT molecular complexity index is 1370. The third kappa shape index (κ3) is 5.47. The smallest absolute Gasteiger partial charge is 0.170 e. The number of rotatable bonds is 8. The number of halogens is 2. The molecule has 4 aromatic rings. The lowest BCUT2D eigenvalue weighted by molar-refractivity contribution is 0.101. The molecule has 0 aliphatic heterocycles. The average molecular weight is 495 g/mol. The molecule has 0 amide bonds. The zero-order valence-electron chi connectivity index (χ0n) is 19.4. The molecule has 0 atom stereocenters. The zero-order valence-corrected chi connectivity index (χ0v) is 20.2. The summed E-state index contributed by atoms with van der Waals surface area (Å²) in [6, 6.07) is 9.66. The predicted molar refractivity (Wildman–Crippen MR) is 136 cm³/mol. The second kappa shape index (κ2) is 10.2. The third-order valence-electron chi connectivity index (χ3n) is 5.30. The first-order chi connectivity index (χ1) is 16.7. The SMILES string of the molecule is CC(=O)c1cnc2ccc(-c3cc(F)c(O)c(Cl)c3)nc2c1Nc1ccc(NCCN(C)C)nc1. The van der Waals surface area contributed by atoms with Gasteiger partial charge in [-0.05, 0) is 57.4 Å². The highest BCUT2D eigenvalue weighted by molar-refractivity contribution is 6.32. The molecule has 1 aromatic carbocycles. The summed E-state index contributed by atoms with van der Waals surface area (Å²) in [4.78, 5) is 27.9. The van der Waals surface area contributed by atoms with E-state index in [1.54, 1.807) is 18.3 Å². The van der Waals surface area contributed by atoms with Crippen LogP contribution in [0.3, 0.4) is 0 Å². The Morgan fingerprint density at radius 1 is 1.14 bits per heavy atom. The molecule has 0 bridgehead atoms. The first-order valence-electron chi connectivity index (χ1n) is 10.8. The van der Waals surface area contributed by atoms with Gasteiger partial charge in [-0.1, -0.05) is 11.6 Å². The van der Waals surface area contributed by atoms with Crippen molar-refractivity contribution in [3.8, 4) is 17.0 Å². The number of aromatic hydroxyl groups is 1. The maximum atomic E-state index is 14.1. The van der Waals surface area contributed by atoms with Crippen LogP contribution >= 0.6 is 11.6 Å². The minimum absolute atomic E-state index is 0.124. The number of hydrogen-bond donors (Lipinski definition) is 3. The fourth-order valence-electron chi connectivity index (χ4n) is 3.46. The summed E-state index contributed by atoms with van der Waals surface area (Å²) in [6.07, 6.45) is 3.16. The Kier molecular flexibility index (Phi) is 7.09. The molecular weight excluding hydrogens is 471 g/mol. The van der Waals surface area contributed by atoms with Crippen molar-refractivity contribution in [1.82, 2.24) is 19.9 Å². The molecule has 10 heteroatoms. The maximum absolute atomic E-state index is 14.1. The van der Waals surface area contributed by atoms with Crippen molar-refractivity contribution in [1.29, 1.82) is 0 Å². The monoisotopic (exact) mass is 494 g/mol. The second-order valence-electron chi connectivity index (χ2n) is 8.24. The third-order valence-corrected chi connectivity index (χ3v) is 5.59. The van der Waals surface area contributed by atoms with Gasteiger partial charge >= 0.3 is 0 Å². The number of ketones is 1. The summed E-state index contributed by atoms with van der Waals surface area (Å²) in [7, 11) is 4.00. The minimum atomic E-state index is -0.853. The van der Waals surface area contributed by atoms with E-state index in [-0.39, 0.29) is 10.8 Å². The lowest BCUT2D eigenvalue weighted by Gasteiger charge is -2.14. The molecule has 0 aliphatic carbocycles. The van der Waals surface area contributed by atoms with E-state index in [9.17, 15) is 14.3 Å². The van der Waals surface area contributed by atoms with Crippen molar-refractivity contribution < 1.29 is 14.3 Å². The van der Waals surface area contributed by atoms with E-state index in [4.69, 9.17) is 11.6 Å². The molecule has 8 nitrogen and oxygen atoms in total. The Morgan fingerprint density at radius 2 is 1.94 bits per heavy atom. The molecular formula is C25H24ClFN6O2. The summed E-state index contributed by atoms with van der Waals surface area (Å²) in [5.74, 6) is -0.932. The van der Waals surface area contributed by atoms with Crippen LogP contribution in [0.15, 0.2) is 48.8 Å². The van der Waals surface area contributed by atoms with Crippen LogP contribution in [0.2, 0.25) is 5.02 Å². The number of carbonyl (C=O) groups is 1. The van der Waals surface area contributed by atoms with E-state index in [0.29, 0.717) is 39.2 Å². The number of phenolic OH excluding ortho intramolecular Hbond substituents is 1. The van der Waals surface area contributed by atoms with E-state index >= 15 is 0 Å². The molecule has 0 unspecified atom stereocenters. The Morgan fingerprint density at radius 3 is 2.60 bits per heavy atom. The van der Waals surface area contributed by atoms with Crippen LogP contribution in [-0.4, -0.2) is 57.9 Å². The first kappa shape index (κ1) is 24.3. The number of carbonyl (C=O) groups excluding carboxylic acids is 1. The van der Waals surface area contributed by atoms with Gasteiger partial charge in [0.1, 0.15) is 11.3 Å². The van der Waals surface area contributed by atoms with Crippen LogP contribution in [-0.2, 0) is 0 Å². The molecule has 3 aromatic heterocycles. The number of nitrogens with one attached hydrogen (secondary N) is 2. The highest BCUT2D eigenvalue weighted by Gasteiger charge is 2.17. The van der Waals surface area contributed by atoms with Crippen LogP contribution < -0.4 is 10.6 Å². The fourth-order valence-corrected chi connectivity index (χ4v) is 3.67. The molecule has 3 N–H and O–H groups in total. The van der Waals surface area contributed by atoms with Crippen molar-refractivity contribution in [3.05, 3.63) is 65.2 Å². The standard InChI is InChI=1S/C25H24ClFN6O2/c1-14(34)17-13-29-21-6-5-20(15-10-18(26)25(35)19(27)11-15)32-24(21)23(17)31-16-4-7-22(30-12-16)28-8-9-33(2)3/h4-7,10-13,35H,8-9H2,1-3H3,(H,28,30)(H,29,31). The quantitative estimate of drug-likeness (QED) is 0.290. The topological polar surface area (TPSA) is 103 Å². The lowest BCUT2D eigenvalue weighted by Crippen LogP contribution is -2.21. The molecule has 0 aliphatic rings. The average Bonchev–Trinajstić information content (AvgIpc) is 2.82. The number of fused-ring (bicyclic) bond motifs is 1. The fraction of sp³-hybridized carbons (Fsp3) is 0.200. The maximum Gasteiger partial charge on any atom is 0.170 e. The summed E-state index contributed by atoms with van der Waals surface area (Å²) in [5, 5.41) is 16.0. The van der Waals surface area contributed by atoms with Gasteiger partial charge in [0.15, 0.2) is 17.3 Å². The van der Waals surface area contributed by atoms with Crippen molar-refractivity contribution in [2.45, 2.75) is 6.92 Å². The molecule has 0 radical (unpaired) electrons. The molecule has 35 heavy (non-hydrogen) atoms. The van der Waals surface area contributed by atoms with Gasteiger partial charge in [-0.3, -0.25) is 9.78 Å². The van der Waals surface area contributed by atoms with Crippen molar-refractivity contribution in [2.24, 2.45) is 0 Å². The van der Waals surface area contributed by atoms with E-state index in [1.165, 1.54) is 19.2 Å². The number of Topliss-reactive ketones (excluding diaryl/α,β-unsaturated/α-hetero) is 1. The lowest BCUT2D eigenvalue weighted by atomic mass is 10.1. The van der Waals surface area contributed by atoms with E-state index in [1.807, 2.05) is 26.2 Å². The Balaban J connectivity index is 1.72. The number of hydrogen-bond acceptors (Lipinski definition) is 8. The number of phenols is 1.